The maximum absolute atomic E-state index is 12.8. The molecule has 0 saturated carbocycles. The lowest BCUT2D eigenvalue weighted by atomic mass is 9.99. The first-order chi connectivity index (χ1) is 16.0. The molecule has 1 aromatic heterocycles. The van der Waals surface area contributed by atoms with Crippen molar-refractivity contribution in [3.05, 3.63) is 76.9 Å². The van der Waals surface area contributed by atoms with Gasteiger partial charge < -0.3 is 14.0 Å². The predicted octanol–water partition coefficient (Wildman–Crippen LogP) is 4.78. The van der Waals surface area contributed by atoms with E-state index in [1.165, 1.54) is 0 Å². The van der Waals surface area contributed by atoms with Crippen molar-refractivity contribution < 1.29 is 19.1 Å². The van der Waals surface area contributed by atoms with Crippen LogP contribution in [0.2, 0.25) is 0 Å². The molecule has 170 valence electrons. The molecular formula is C26H27N3O4. The summed E-state index contributed by atoms with van der Waals surface area (Å²) in [7, 11) is 0. The van der Waals surface area contributed by atoms with Crippen LogP contribution >= 0.6 is 0 Å². The number of ether oxygens (including phenoxy) is 2. The molecule has 2 aromatic carbocycles. The summed E-state index contributed by atoms with van der Waals surface area (Å²) in [5.41, 5.74) is 3.40. The zero-order valence-electron chi connectivity index (χ0n) is 19.1. The van der Waals surface area contributed by atoms with E-state index >= 15 is 0 Å². The molecule has 0 bridgehead atoms. The van der Waals surface area contributed by atoms with Crippen LogP contribution in [-0.4, -0.2) is 34.7 Å². The topological polar surface area (TPSA) is 94.2 Å². The first kappa shape index (κ1) is 23.7. The van der Waals surface area contributed by atoms with Gasteiger partial charge in [-0.05, 0) is 43.0 Å². The van der Waals surface area contributed by atoms with E-state index in [1.54, 1.807) is 24.5 Å². The normalized spacial score (nSPS) is 10.5. The van der Waals surface area contributed by atoms with Crippen LogP contribution < -0.4 is 0 Å². The third-order valence-electron chi connectivity index (χ3n) is 5.11. The summed E-state index contributed by atoms with van der Waals surface area (Å²) in [5.74, 6) is -0.613. The highest BCUT2D eigenvalue weighted by atomic mass is 16.5. The molecule has 0 aliphatic heterocycles. The van der Waals surface area contributed by atoms with Gasteiger partial charge in [0.05, 0.1) is 24.8 Å². The molecule has 0 amide bonds. The van der Waals surface area contributed by atoms with Crippen LogP contribution in [-0.2, 0) is 22.4 Å². The minimum atomic E-state index is -0.639. The first-order valence-corrected chi connectivity index (χ1v) is 11.1. The Hall–Kier alpha value is -3.92. The fourth-order valence-electron chi connectivity index (χ4n) is 3.64. The summed E-state index contributed by atoms with van der Waals surface area (Å²) >= 11 is 0. The van der Waals surface area contributed by atoms with Crippen LogP contribution in [0.1, 0.15) is 65.1 Å². The number of aryl methyl sites for hydroxylation is 1. The number of carbonyl (C=O) groups excluding carboxylic acids is 2. The average Bonchev–Trinajstić information content (AvgIpc) is 3.18. The summed E-state index contributed by atoms with van der Waals surface area (Å²) in [6.45, 7) is 6.14. The Balaban J connectivity index is 2.02. The van der Waals surface area contributed by atoms with E-state index < -0.39 is 11.9 Å². The van der Waals surface area contributed by atoms with Crippen molar-refractivity contribution in [3.8, 4) is 17.2 Å². The van der Waals surface area contributed by atoms with Gasteiger partial charge >= 0.3 is 11.9 Å². The van der Waals surface area contributed by atoms with Crippen LogP contribution in [0.3, 0.4) is 0 Å². The van der Waals surface area contributed by atoms with Gasteiger partial charge in [0.25, 0.3) is 0 Å². The van der Waals surface area contributed by atoms with Gasteiger partial charge in [0.2, 0.25) is 0 Å². The molecule has 3 aromatic rings. The van der Waals surface area contributed by atoms with E-state index in [0.29, 0.717) is 24.4 Å². The molecule has 0 spiro atoms. The Bertz CT molecular complexity index is 1170. The van der Waals surface area contributed by atoms with Crippen molar-refractivity contribution in [2.45, 2.75) is 40.2 Å². The standard InChI is InChI=1S/C26H27N3O4/c1-4-9-22-28-23(25(30)32-5-2)24(26(31)33-6-3)29(22)17-18-12-14-19(15-13-18)21-11-8-7-10-20(21)16-27/h7-8,10-15H,4-6,9,17H2,1-3H3. The van der Waals surface area contributed by atoms with Crippen LogP contribution in [0.5, 0.6) is 0 Å². The largest absolute Gasteiger partial charge is 0.461 e. The molecule has 0 aliphatic carbocycles. The first-order valence-electron chi connectivity index (χ1n) is 11.1. The molecule has 3 rings (SSSR count). The number of esters is 2. The summed E-state index contributed by atoms with van der Waals surface area (Å²) in [6, 6.07) is 17.4. The quantitative estimate of drug-likeness (QED) is 0.440. The van der Waals surface area contributed by atoms with Crippen molar-refractivity contribution >= 4 is 11.9 Å². The number of aromatic nitrogens is 2. The van der Waals surface area contributed by atoms with E-state index in [9.17, 15) is 14.9 Å². The SMILES string of the molecule is CCCc1nc(C(=O)OCC)c(C(=O)OCC)n1Cc1ccc(-c2ccccc2C#N)cc1. The highest BCUT2D eigenvalue weighted by Gasteiger charge is 2.29. The summed E-state index contributed by atoms with van der Waals surface area (Å²) < 4.78 is 12.1. The van der Waals surface area contributed by atoms with E-state index in [4.69, 9.17) is 9.47 Å². The Morgan fingerprint density at radius 3 is 2.27 bits per heavy atom. The second-order valence-electron chi connectivity index (χ2n) is 7.36. The second kappa shape index (κ2) is 11.1. The highest BCUT2D eigenvalue weighted by Crippen LogP contribution is 2.25. The third kappa shape index (κ3) is 5.29. The molecule has 0 atom stereocenters. The number of carbonyl (C=O) groups is 2. The van der Waals surface area contributed by atoms with Gasteiger partial charge in [-0.2, -0.15) is 5.26 Å². The van der Waals surface area contributed by atoms with Crippen molar-refractivity contribution in [1.82, 2.24) is 9.55 Å². The van der Waals surface area contributed by atoms with Crippen LogP contribution in [0.4, 0.5) is 0 Å². The minimum Gasteiger partial charge on any atom is -0.461 e. The molecule has 1 heterocycles. The van der Waals surface area contributed by atoms with Gasteiger partial charge in [-0.15, -0.1) is 0 Å². The Labute approximate surface area is 193 Å². The second-order valence-corrected chi connectivity index (χ2v) is 7.36. The summed E-state index contributed by atoms with van der Waals surface area (Å²) in [4.78, 5) is 29.8. The van der Waals surface area contributed by atoms with Gasteiger partial charge in [-0.3, -0.25) is 0 Å². The van der Waals surface area contributed by atoms with Crippen molar-refractivity contribution in [1.29, 1.82) is 5.26 Å². The number of nitriles is 1. The fourth-order valence-corrected chi connectivity index (χ4v) is 3.64. The molecule has 0 N–H and O–H groups in total. The highest BCUT2D eigenvalue weighted by molar-refractivity contribution is 6.01. The fraction of sp³-hybridized carbons (Fsp3) is 0.308. The Morgan fingerprint density at radius 2 is 1.64 bits per heavy atom. The van der Waals surface area contributed by atoms with Gasteiger partial charge in [-0.25, -0.2) is 14.6 Å². The van der Waals surface area contributed by atoms with E-state index in [-0.39, 0.29) is 24.6 Å². The van der Waals surface area contributed by atoms with Crippen molar-refractivity contribution in [3.63, 3.8) is 0 Å². The number of hydrogen-bond acceptors (Lipinski definition) is 6. The molecular weight excluding hydrogens is 418 g/mol. The van der Waals surface area contributed by atoms with E-state index in [0.717, 1.165) is 23.1 Å². The Kier molecular flexibility index (Phi) is 7.98. The lowest BCUT2D eigenvalue weighted by molar-refractivity contribution is 0.0467. The summed E-state index contributed by atoms with van der Waals surface area (Å²) in [6.07, 6.45) is 1.39. The number of benzene rings is 2. The zero-order chi connectivity index (χ0) is 23.8. The van der Waals surface area contributed by atoms with E-state index in [1.807, 2.05) is 49.4 Å². The molecule has 0 saturated heterocycles. The molecule has 7 nitrogen and oxygen atoms in total. The van der Waals surface area contributed by atoms with Crippen LogP contribution in [0.15, 0.2) is 48.5 Å². The molecule has 0 unspecified atom stereocenters. The Morgan fingerprint density at radius 1 is 0.970 bits per heavy atom. The van der Waals surface area contributed by atoms with Crippen molar-refractivity contribution in [2.24, 2.45) is 0 Å². The third-order valence-corrected chi connectivity index (χ3v) is 5.11. The van der Waals surface area contributed by atoms with Crippen LogP contribution in [0, 0.1) is 11.3 Å². The zero-order valence-corrected chi connectivity index (χ0v) is 19.1. The number of imidazole rings is 1. The lowest BCUT2D eigenvalue weighted by Gasteiger charge is -2.13. The molecule has 0 aliphatic rings. The van der Waals surface area contributed by atoms with Crippen LogP contribution in [0.25, 0.3) is 11.1 Å². The maximum atomic E-state index is 12.8. The summed E-state index contributed by atoms with van der Waals surface area (Å²) in [5, 5.41) is 9.38. The number of hydrogen-bond donors (Lipinski definition) is 0. The van der Waals surface area contributed by atoms with Gasteiger partial charge in [0.15, 0.2) is 11.4 Å². The smallest absolute Gasteiger partial charge is 0.359 e. The van der Waals surface area contributed by atoms with Gasteiger partial charge in [0, 0.05) is 13.0 Å². The maximum Gasteiger partial charge on any atom is 0.359 e. The van der Waals surface area contributed by atoms with Gasteiger partial charge in [0.1, 0.15) is 5.82 Å². The van der Waals surface area contributed by atoms with E-state index in [2.05, 4.69) is 11.1 Å². The van der Waals surface area contributed by atoms with Gasteiger partial charge in [-0.1, -0.05) is 49.4 Å². The monoisotopic (exact) mass is 445 g/mol. The molecule has 33 heavy (non-hydrogen) atoms. The molecule has 0 fully saturated rings. The minimum absolute atomic E-state index is 0.0154. The lowest BCUT2D eigenvalue weighted by Crippen LogP contribution is -2.18. The average molecular weight is 446 g/mol. The predicted molar refractivity (Wildman–Crippen MR) is 124 cm³/mol. The number of rotatable bonds is 9. The molecule has 0 radical (unpaired) electrons. The van der Waals surface area contributed by atoms with Crippen molar-refractivity contribution in [2.75, 3.05) is 13.2 Å². The molecule has 7 heteroatoms. The number of nitrogens with zero attached hydrogens (tertiary/aromatic N) is 3.